The van der Waals surface area contributed by atoms with Crippen LogP contribution < -0.4 is 0 Å². The summed E-state index contributed by atoms with van der Waals surface area (Å²) in [6.45, 7) is 6.24. The fourth-order valence-corrected chi connectivity index (χ4v) is 7.34. The molecular formula is C69H106O6. The van der Waals surface area contributed by atoms with Gasteiger partial charge in [-0.1, -0.05) is 249 Å². The van der Waals surface area contributed by atoms with Crippen molar-refractivity contribution in [3.05, 3.63) is 170 Å². The first-order valence-electron chi connectivity index (χ1n) is 29.6. The van der Waals surface area contributed by atoms with Crippen molar-refractivity contribution in [2.75, 3.05) is 13.2 Å². The molecule has 0 saturated carbocycles. The predicted octanol–water partition coefficient (Wildman–Crippen LogP) is 20.3. The zero-order valence-electron chi connectivity index (χ0n) is 47.7. The van der Waals surface area contributed by atoms with E-state index in [0.717, 1.165) is 141 Å². The van der Waals surface area contributed by atoms with E-state index in [2.05, 4.69) is 179 Å². The Hall–Kier alpha value is -5.23. The van der Waals surface area contributed by atoms with E-state index in [-0.39, 0.29) is 31.6 Å². The van der Waals surface area contributed by atoms with E-state index < -0.39 is 12.1 Å². The normalized spacial score (nSPS) is 13.4. The first kappa shape index (κ1) is 69.8. The Morgan fingerprint density at radius 3 is 0.893 bits per heavy atom. The number of carbonyl (C=O) groups is 3. The molecule has 0 saturated heterocycles. The lowest BCUT2D eigenvalue weighted by molar-refractivity contribution is -0.166. The van der Waals surface area contributed by atoms with Gasteiger partial charge in [-0.15, -0.1) is 0 Å². The molecule has 0 aromatic carbocycles. The molecular weight excluding hydrogens is 925 g/mol. The van der Waals surface area contributed by atoms with Gasteiger partial charge in [0.25, 0.3) is 0 Å². The molecule has 0 aliphatic rings. The molecule has 418 valence electrons. The number of esters is 3. The van der Waals surface area contributed by atoms with E-state index in [1.807, 2.05) is 6.08 Å². The lowest BCUT2D eigenvalue weighted by Gasteiger charge is -2.18. The maximum absolute atomic E-state index is 12.8. The van der Waals surface area contributed by atoms with Crippen molar-refractivity contribution >= 4 is 17.9 Å². The molecule has 0 heterocycles. The number of hydrogen-bond acceptors (Lipinski definition) is 6. The summed E-state index contributed by atoms with van der Waals surface area (Å²) in [5.74, 6) is -1.10. The van der Waals surface area contributed by atoms with Gasteiger partial charge >= 0.3 is 17.9 Å². The average Bonchev–Trinajstić information content (AvgIpc) is 3.41. The summed E-state index contributed by atoms with van der Waals surface area (Å²) in [6, 6.07) is 0. The van der Waals surface area contributed by atoms with Crippen LogP contribution in [0.2, 0.25) is 0 Å². The molecule has 0 bridgehead atoms. The van der Waals surface area contributed by atoms with Crippen LogP contribution in [0.4, 0.5) is 0 Å². The molecule has 0 amide bonds. The van der Waals surface area contributed by atoms with E-state index in [1.54, 1.807) is 6.08 Å². The predicted molar refractivity (Wildman–Crippen MR) is 325 cm³/mol. The smallest absolute Gasteiger partial charge is 0.310 e. The van der Waals surface area contributed by atoms with Gasteiger partial charge in [-0.3, -0.25) is 14.4 Å². The van der Waals surface area contributed by atoms with Gasteiger partial charge in [0, 0.05) is 12.8 Å². The summed E-state index contributed by atoms with van der Waals surface area (Å²) in [7, 11) is 0. The van der Waals surface area contributed by atoms with Crippen LogP contribution in [0.3, 0.4) is 0 Å². The number of rotatable bonds is 51. The van der Waals surface area contributed by atoms with Crippen molar-refractivity contribution in [3.63, 3.8) is 0 Å². The van der Waals surface area contributed by atoms with Crippen molar-refractivity contribution in [2.24, 2.45) is 0 Å². The van der Waals surface area contributed by atoms with Crippen LogP contribution in [0.1, 0.15) is 226 Å². The average molecular weight is 1030 g/mol. The molecule has 0 rings (SSSR count). The van der Waals surface area contributed by atoms with Crippen LogP contribution in [-0.4, -0.2) is 37.2 Å². The second kappa shape index (κ2) is 61.3. The number of allylic oxidation sites excluding steroid dienone is 27. The second-order valence-corrected chi connectivity index (χ2v) is 18.8. The van der Waals surface area contributed by atoms with Crippen LogP contribution in [0.15, 0.2) is 170 Å². The van der Waals surface area contributed by atoms with E-state index in [4.69, 9.17) is 14.2 Å². The Balaban J connectivity index is 4.39. The summed E-state index contributed by atoms with van der Waals surface area (Å²) >= 11 is 0. The molecule has 0 fully saturated rings. The number of ether oxygens (including phenoxy) is 3. The van der Waals surface area contributed by atoms with Crippen LogP contribution in [0, 0.1) is 0 Å². The van der Waals surface area contributed by atoms with Crippen molar-refractivity contribution in [1.29, 1.82) is 0 Å². The molecule has 0 N–H and O–H groups in total. The van der Waals surface area contributed by atoms with Crippen molar-refractivity contribution in [1.82, 2.24) is 0 Å². The Bertz CT molecular complexity index is 1750. The molecule has 0 aromatic rings. The second-order valence-electron chi connectivity index (χ2n) is 18.8. The minimum atomic E-state index is -0.850. The summed E-state index contributed by atoms with van der Waals surface area (Å²) in [5.41, 5.74) is 0. The van der Waals surface area contributed by atoms with Crippen molar-refractivity contribution in [2.45, 2.75) is 232 Å². The fourth-order valence-electron chi connectivity index (χ4n) is 7.34. The maximum Gasteiger partial charge on any atom is 0.310 e. The van der Waals surface area contributed by atoms with E-state index in [9.17, 15) is 14.4 Å². The highest BCUT2D eigenvalue weighted by molar-refractivity contribution is 5.72. The van der Waals surface area contributed by atoms with E-state index in [0.29, 0.717) is 19.3 Å². The zero-order valence-corrected chi connectivity index (χ0v) is 47.7. The number of hydrogen-bond donors (Lipinski definition) is 0. The lowest BCUT2D eigenvalue weighted by atomic mass is 10.1. The van der Waals surface area contributed by atoms with Gasteiger partial charge in [-0.25, -0.2) is 0 Å². The zero-order chi connectivity index (χ0) is 54.3. The topological polar surface area (TPSA) is 78.9 Å². The summed E-state index contributed by atoms with van der Waals surface area (Å²) in [4.78, 5) is 38.0. The van der Waals surface area contributed by atoms with Crippen LogP contribution in [0.5, 0.6) is 0 Å². The number of carbonyl (C=O) groups excluding carboxylic acids is 3. The SMILES string of the molecule is CC/C=C\C/C=C\C/C=C\C/C=C\C/C=C\C/C=C\C/C=C\C/C=C\CCCCCCCCC(=O)OCC(COC(=O)CCCCCCC/C=C\CCCC)OC(=O)C/C=C\C/C=C\C/C=C\C/C=C\C/C=C\CC. The summed E-state index contributed by atoms with van der Waals surface area (Å²) in [6.07, 6.45) is 91.0. The molecule has 0 spiro atoms. The molecule has 0 aliphatic heterocycles. The summed E-state index contributed by atoms with van der Waals surface area (Å²) < 4.78 is 16.7. The molecule has 1 unspecified atom stereocenters. The van der Waals surface area contributed by atoms with E-state index >= 15 is 0 Å². The third-order valence-corrected chi connectivity index (χ3v) is 11.7. The van der Waals surface area contributed by atoms with Crippen molar-refractivity contribution < 1.29 is 28.6 Å². The van der Waals surface area contributed by atoms with Crippen molar-refractivity contribution in [3.8, 4) is 0 Å². The first-order chi connectivity index (χ1) is 37.0. The minimum absolute atomic E-state index is 0.0837. The molecule has 75 heavy (non-hydrogen) atoms. The largest absolute Gasteiger partial charge is 0.462 e. The van der Waals surface area contributed by atoms with Gasteiger partial charge in [0.2, 0.25) is 0 Å². The third-order valence-electron chi connectivity index (χ3n) is 11.7. The number of unbranched alkanes of at least 4 members (excludes halogenated alkanes) is 13. The van der Waals surface area contributed by atoms with Gasteiger partial charge < -0.3 is 14.2 Å². The Morgan fingerprint density at radius 2 is 0.560 bits per heavy atom. The highest BCUT2D eigenvalue weighted by Gasteiger charge is 2.19. The first-order valence-corrected chi connectivity index (χ1v) is 29.6. The molecule has 0 aliphatic carbocycles. The Labute approximate surface area is 460 Å². The monoisotopic (exact) mass is 1030 g/mol. The summed E-state index contributed by atoms with van der Waals surface area (Å²) in [5, 5.41) is 0. The van der Waals surface area contributed by atoms with Crippen LogP contribution in [-0.2, 0) is 28.6 Å². The van der Waals surface area contributed by atoms with E-state index in [1.165, 1.54) is 38.5 Å². The molecule has 0 radical (unpaired) electrons. The standard InChI is InChI=1S/C69H106O6/c1-4-7-10-13-16-19-22-24-26-27-28-29-30-31-32-33-34-35-36-37-38-39-40-41-43-44-47-50-53-56-59-62-68(71)74-65-66(64-73-67(70)61-58-55-52-49-46-21-18-15-12-9-6-3)75-69(72)63-60-57-54-51-48-45-42-25-23-20-17-14-11-8-5-2/h7-8,10-11,15-20,24-26,28-29,31-32,34-35,37-38,40-42,48,51,57,60,66H,4-6,9,12-14,21-23,27,30,33,36,39,43-47,49-50,52-56,58-59,61-65H2,1-3H3/b10-7-,11-8-,18-15-,19-16-,20-17-,26-24-,29-28-,32-31-,35-34-,38-37-,41-40-,42-25-,51-48-,60-57-. The fraction of sp³-hybridized carbons (Fsp3) is 0.551. The van der Waals surface area contributed by atoms with Gasteiger partial charge in [0.05, 0.1) is 6.42 Å². The van der Waals surface area contributed by atoms with Crippen LogP contribution >= 0.6 is 0 Å². The molecule has 1 atom stereocenters. The maximum atomic E-state index is 12.8. The van der Waals surface area contributed by atoms with Gasteiger partial charge in [0.15, 0.2) is 6.10 Å². The highest BCUT2D eigenvalue weighted by Crippen LogP contribution is 2.12. The lowest BCUT2D eigenvalue weighted by Crippen LogP contribution is -2.30. The quantitative estimate of drug-likeness (QED) is 0.0261. The molecule has 6 heteroatoms. The van der Waals surface area contributed by atoms with Gasteiger partial charge in [-0.05, 0) is 128 Å². The Kier molecular flexibility index (Phi) is 57.0. The molecule has 0 aromatic heterocycles. The van der Waals surface area contributed by atoms with Crippen LogP contribution in [0.25, 0.3) is 0 Å². The van der Waals surface area contributed by atoms with Gasteiger partial charge in [0.1, 0.15) is 13.2 Å². The Morgan fingerprint density at radius 1 is 0.293 bits per heavy atom. The highest BCUT2D eigenvalue weighted by atomic mass is 16.6. The minimum Gasteiger partial charge on any atom is -0.462 e. The van der Waals surface area contributed by atoms with Gasteiger partial charge in [-0.2, -0.15) is 0 Å². The molecule has 6 nitrogen and oxygen atoms in total. The third kappa shape index (κ3) is 59.5.